The Morgan fingerprint density at radius 2 is 0.630 bits per heavy atom. The van der Waals surface area contributed by atoms with Gasteiger partial charge in [-0.1, -0.05) is 347 Å². The summed E-state index contributed by atoms with van der Waals surface area (Å²) in [6, 6.07) is -0.632. The third-order valence-corrected chi connectivity index (χ3v) is 15.8. The van der Waals surface area contributed by atoms with Crippen LogP contribution in [0.4, 0.5) is 0 Å². The highest BCUT2D eigenvalue weighted by atomic mass is 16.5. The molecule has 434 valence electrons. The molecule has 73 heavy (non-hydrogen) atoms. The van der Waals surface area contributed by atoms with Crippen LogP contribution in [0.25, 0.3) is 0 Å². The van der Waals surface area contributed by atoms with Crippen molar-refractivity contribution in [3.8, 4) is 0 Å². The second kappa shape index (κ2) is 63.1. The quantitative estimate of drug-likeness (QED) is 0.0320. The molecule has 2 atom stereocenters. The van der Waals surface area contributed by atoms with Crippen molar-refractivity contribution in [1.82, 2.24) is 5.32 Å². The molecule has 0 fully saturated rings. The van der Waals surface area contributed by atoms with Gasteiger partial charge in [0.15, 0.2) is 0 Å². The summed E-state index contributed by atoms with van der Waals surface area (Å²) < 4.78 is 5.49. The van der Waals surface area contributed by atoms with Crippen molar-refractivity contribution >= 4 is 11.9 Å². The van der Waals surface area contributed by atoms with Crippen molar-refractivity contribution in [3.05, 3.63) is 12.2 Å². The third kappa shape index (κ3) is 59.7. The van der Waals surface area contributed by atoms with Crippen LogP contribution in [0.5, 0.6) is 0 Å². The zero-order valence-electron chi connectivity index (χ0n) is 49.6. The second-order valence-corrected chi connectivity index (χ2v) is 23.2. The van der Waals surface area contributed by atoms with E-state index in [0.29, 0.717) is 19.4 Å². The number of carbonyl (C=O) groups excluding carboxylic acids is 2. The summed E-state index contributed by atoms with van der Waals surface area (Å²) in [4.78, 5) is 24.6. The van der Waals surface area contributed by atoms with Gasteiger partial charge in [-0.25, -0.2) is 0 Å². The van der Waals surface area contributed by atoms with Crippen molar-refractivity contribution in [2.45, 2.75) is 392 Å². The molecule has 0 aliphatic heterocycles. The first kappa shape index (κ1) is 71.6. The van der Waals surface area contributed by atoms with Gasteiger partial charge in [0, 0.05) is 12.8 Å². The number of unbranched alkanes of at least 4 members (excludes halogenated alkanes) is 52. The number of nitrogens with one attached hydrogen (secondary N) is 1. The van der Waals surface area contributed by atoms with Gasteiger partial charge in [-0.15, -0.1) is 0 Å². The number of aliphatic hydroxyl groups excluding tert-OH is 2. The van der Waals surface area contributed by atoms with Crippen LogP contribution < -0.4 is 5.32 Å². The average Bonchev–Trinajstić information content (AvgIpc) is 3.39. The van der Waals surface area contributed by atoms with Crippen LogP contribution in [0.15, 0.2) is 12.2 Å². The summed E-state index contributed by atoms with van der Waals surface area (Å²) in [5, 5.41) is 23.2. The Morgan fingerprint density at radius 1 is 0.370 bits per heavy atom. The monoisotopic (exact) mass is 1030 g/mol. The SMILES string of the molecule is CCCCCCCCCCCCCCCCCCCCCCCC/C=C/C(O)C(CO)NC(=O)CCCCCCCCCCCCCCCCCCCOC(=O)CCCCCCCCCCCCCCCCC. The standard InChI is InChI=1S/C67H131NO5/c1-3-5-7-9-11-13-15-17-19-20-21-22-23-24-25-26-28-32-35-39-43-47-51-55-59-65(70)64(63-69)68-66(71)60-56-52-48-44-40-36-33-29-27-30-34-38-42-46-50-54-58-62-73-67(72)61-57-53-49-45-41-37-31-18-16-14-12-10-8-6-4-2/h55,59,64-65,69-70H,3-54,56-58,60-63H2,1-2H3,(H,68,71)/b59-55+. The molecule has 2 unspecified atom stereocenters. The molecule has 0 radical (unpaired) electrons. The van der Waals surface area contributed by atoms with Crippen LogP contribution in [-0.2, 0) is 14.3 Å². The van der Waals surface area contributed by atoms with Crippen LogP contribution in [0.2, 0.25) is 0 Å². The first-order valence-corrected chi connectivity index (χ1v) is 33.5. The molecule has 0 saturated carbocycles. The summed E-state index contributed by atoms with van der Waals surface area (Å²) >= 11 is 0. The molecule has 0 rings (SSSR count). The molecule has 6 heteroatoms. The van der Waals surface area contributed by atoms with Gasteiger partial charge in [0.05, 0.1) is 25.4 Å². The molecule has 0 aromatic heterocycles. The largest absolute Gasteiger partial charge is 0.466 e. The van der Waals surface area contributed by atoms with E-state index in [1.807, 2.05) is 6.08 Å². The Kier molecular flexibility index (Phi) is 61.9. The lowest BCUT2D eigenvalue weighted by atomic mass is 10.0. The molecule has 0 bridgehead atoms. The Morgan fingerprint density at radius 3 is 0.932 bits per heavy atom. The lowest BCUT2D eigenvalue weighted by Crippen LogP contribution is -2.45. The molecule has 0 aliphatic carbocycles. The van der Waals surface area contributed by atoms with Crippen LogP contribution in [0.3, 0.4) is 0 Å². The van der Waals surface area contributed by atoms with E-state index in [2.05, 4.69) is 19.2 Å². The van der Waals surface area contributed by atoms with Crippen molar-refractivity contribution in [2.75, 3.05) is 13.2 Å². The second-order valence-electron chi connectivity index (χ2n) is 23.2. The van der Waals surface area contributed by atoms with E-state index >= 15 is 0 Å². The maximum absolute atomic E-state index is 12.5. The molecule has 1 amide bonds. The smallest absolute Gasteiger partial charge is 0.305 e. The number of amides is 1. The number of esters is 1. The number of rotatable bonds is 63. The van der Waals surface area contributed by atoms with E-state index in [0.717, 1.165) is 38.5 Å². The molecule has 0 saturated heterocycles. The zero-order chi connectivity index (χ0) is 52.9. The van der Waals surface area contributed by atoms with Crippen LogP contribution in [0.1, 0.15) is 380 Å². The van der Waals surface area contributed by atoms with Crippen LogP contribution in [-0.4, -0.2) is 47.4 Å². The number of allylic oxidation sites excluding steroid dienone is 1. The van der Waals surface area contributed by atoms with Crippen molar-refractivity contribution in [2.24, 2.45) is 0 Å². The minimum atomic E-state index is -0.849. The third-order valence-electron chi connectivity index (χ3n) is 15.8. The maximum Gasteiger partial charge on any atom is 0.305 e. The average molecular weight is 1030 g/mol. The first-order valence-electron chi connectivity index (χ1n) is 33.5. The molecular weight excluding hydrogens is 899 g/mol. The molecule has 0 aliphatic rings. The van der Waals surface area contributed by atoms with Gasteiger partial charge in [0.2, 0.25) is 5.91 Å². The Bertz CT molecular complexity index is 1100. The minimum Gasteiger partial charge on any atom is -0.466 e. The number of hydrogen-bond acceptors (Lipinski definition) is 5. The van der Waals surface area contributed by atoms with Gasteiger partial charge in [0.1, 0.15) is 0 Å². The Hall–Kier alpha value is -1.40. The predicted molar refractivity (Wildman–Crippen MR) is 320 cm³/mol. The van der Waals surface area contributed by atoms with Crippen LogP contribution >= 0.6 is 0 Å². The highest BCUT2D eigenvalue weighted by Gasteiger charge is 2.18. The van der Waals surface area contributed by atoms with Gasteiger partial charge < -0.3 is 20.3 Å². The summed E-state index contributed by atoms with van der Waals surface area (Å²) in [6.07, 6.45) is 76.9. The fraction of sp³-hybridized carbons (Fsp3) is 0.940. The van der Waals surface area contributed by atoms with E-state index < -0.39 is 12.1 Å². The first-order chi connectivity index (χ1) is 36.0. The molecule has 0 spiro atoms. The molecule has 3 N–H and O–H groups in total. The van der Waals surface area contributed by atoms with E-state index in [1.54, 1.807) is 6.08 Å². The van der Waals surface area contributed by atoms with E-state index in [4.69, 9.17) is 4.74 Å². The summed E-state index contributed by atoms with van der Waals surface area (Å²) in [5.74, 6) is -0.0598. The maximum atomic E-state index is 12.5. The van der Waals surface area contributed by atoms with Crippen molar-refractivity contribution < 1.29 is 24.5 Å². The fourth-order valence-corrected chi connectivity index (χ4v) is 10.7. The highest BCUT2D eigenvalue weighted by Crippen LogP contribution is 2.19. The summed E-state index contributed by atoms with van der Waals surface area (Å²) in [6.45, 7) is 4.94. The highest BCUT2D eigenvalue weighted by molar-refractivity contribution is 5.76. The lowest BCUT2D eigenvalue weighted by molar-refractivity contribution is -0.143. The lowest BCUT2D eigenvalue weighted by Gasteiger charge is -2.20. The number of ether oxygens (including phenoxy) is 1. The van der Waals surface area contributed by atoms with E-state index in [1.165, 1.54) is 315 Å². The van der Waals surface area contributed by atoms with Gasteiger partial charge in [0.25, 0.3) is 0 Å². The number of hydrogen-bond donors (Lipinski definition) is 3. The van der Waals surface area contributed by atoms with Gasteiger partial charge in [-0.05, 0) is 32.1 Å². The van der Waals surface area contributed by atoms with Gasteiger partial charge in [-0.3, -0.25) is 9.59 Å². The zero-order valence-corrected chi connectivity index (χ0v) is 49.6. The van der Waals surface area contributed by atoms with Crippen molar-refractivity contribution in [1.29, 1.82) is 0 Å². The number of carbonyl (C=O) groups is 2. The number of aliphatic hydroxyl groups is 2. The van der Waals surface area contributed by atoms with Gasteiger partial charge >= 0.3 is 5.97 Å². The van der Waals surface area contributed by atoms with E-state index in [-0.39, 0.29) is 18.5 Å². The van der Waals surface area contributed by atoms with Crippen molar-refractivity contribution in [3.63, 3.8) is 0 Å². The summed E-state index contributed by atoms with van der Waals surface area (Å²) in [5.41, 5.74) is 0. The molecule has 6 nitrogen and oxygen atoms in total. The minimum absolute atomic E-state index is 0.00859. The van der Waals surface area contributed by atoms with E-state index in [9.17, 15) is 19.8 Å². The Balaban J connectivity index is 3.43. The molecule has 0 aromatic carbocycles. The molecular formula is C67H131NO5. The van der Waals surface area contributed by atoms with Gasteiger partial charge in [-0.2, -0.15) is 0 Å². The normalized spacial score (nSPS) is 12.5. The fourth-order valence-electron chi connectivity index (χ4n) is 10.7. The molecule has 0 aromatic rings. The molecule has 0 heterocycles. The topological polar surface area (TPSA) is 95.9 Å². The predicted octanol–water partition coefficient (Wildman–Crippen LogP) is 21.2. The Labute approximate surface area is 457 Å². The summed E-state index contributed by atoms with van der Waals surface area (Å²) in [7, 11) is 0. The van der Waals surface area contributed by atoms with Crippen LogP contribution in [0, 0.1) is 0 Å².